The summed E-state index contributed by atoms with van der Waals surface area (Å²) in [6.45, 7) is 4.20. The van der Waals surface area contributed by atoms with Crippen molar-refractivity contribution in [2.75, 3.05) is 39.6 Å². The number of ether oxygens (including phenoxy) is 4. The molecule has 0 aromatic heterocycles. The summed E-state index contributed by atoms with van der Waals surface area (Å²) >= 11 is 0. The number of carbonyl (C=O) groups is 4. The lowest BCUT2D eigenvalue weighted by Gasteiger charge is -2.21. The summed E-state index contributed by atoms with van der Waals surface area (Å²) in [5.41, 5.74) is 0. The molecule has 0 aromatic rings. The number of phosphoric acid groups is 2. The maximum atomic E-state index is 13.1. The predicted molar refractivity (Wildman–Crippen MR) is 463 cm³/mol. The third kappa shape index (κ3) is 81.1. The predicted octanol–water partition coefficient (Wildman–Crippen LogP) is 25.0. The van der Waals surface area contributed by atoms with E-state index < -0.39 is 97.5 Å². The first-order valence-corrected chi connectivity index (χ1v) is 44.6. The van der Waals surface area contributed by atoms with Gasteiger partial charge in [-0.2, -0.15) is 0 Å². The average Bonchev–Trinajstić information content (AvgIpc) is 0.898. The Morgan fingerprint density at radius 3 is 0.732 bits per heavy atom. The molecular weight excluding hydrogens is 1450 g/mol. The largest absolute Gasteiger partial charge is 0.472 e. The van der Waals surface area contributed by atoms with Gasteiger partial charge in [0.05, 0.1) is 26.4 Å². The molecule has 0 fully saturated rings. The topological polar surface area (TPSA) is 237 Å². The summed E-state index contributed by atoms with van der Waals surface area (Å²) in [4.78, 5) is 73.2. The molecular formula is C93H144O17P2. The van der Waals surface area contributed by atoms with Crippen LogP contribution in [0.2, 0.25) is 0 Å². The van der Waals surface area contributed by atoms with Gasteiger partial charge in [-0.3, -0.25) is 37.3 Å². The monoisotopic (exact) mass is 1590 g/mol. The number of allylic oxidation sites excluding steroid dienone is 38. The van der Waals surface area contributed by atoms with Gasteiger partial charge < -0.3 is 33.8 Å². The van der Waals surface area contributed by atoms with Gasteiger partial charge in [0.1, 0.15) is 19.3 Å². The van der Waals surface area contributed by atoms with Crippen LogP contribution in [0.5, 0.6) is 0 Å². The number of aliphatic hydroxyl groups is 1. The molecule has 5 atom stereocenters. The molecule has 0 bridgehead atoms. The highest BCUT2D eigenvalue weighted by atomic mass is 31.2. The molecule has 0 amide bonds. The highest BCUT2D eigenvalue weighted by molar-refractivity contribution is 7.47. The molecule has 0 rings (SSSR count). The number of carbonyl (C=O) groups excluding carboxylic acids is 4. The highest BCUT2D eigenvalue weighted by Crippen LogP contribution is 2.45. The Kier molecular flexibility index (Phi) is 77.1. The van der Waals surface area contributed by atoms with Crippen molar-refractivity contribution in [2.24, 2.45) is 0 Å². The van der Waals surface area contributed by atoms with Gasteiger partial charge in [0.15, 0.2) is 12.2 Å². The maximum absolute atomic E-state index is 13.1. The Hall–Kier alpha value is -6.88. The van der Waals surface area contributed by atoms with Gasteiger partial charge in [-0.25, -0.2) is 9.13 Å². The lowest BCUT2D eigenvalue weighted by Crippen LogP contribution is -2.30. The van der Waals surface area contributed by atoms with Crippen molar-refractivity contribution in [3.05, 3.63) is 231 Å². The number of rotatable bonds is 75. The Morgan fingerprint density at radius 1 is 0.250 bits per heavy atom. The molecule has 0 aliphatic rings. The van der Waals surface area contributed by atoms with Crippen LogP contribution >= 0.6 is 15.6 Å². The van der Waals surface area contributed by atoms with Crippen molar-refractivity contribution >= 4 is 39.5 Å². The molecule has 0 aromatic carbocycles. The maximum Gasteiger partial charge on any atom is 0.472 e. The molecule has 3 N–H and O–H groups in total. The molecule has 0 spiro atoms. The van der Waals surface area contributed by atoms with Crippen LogP contribution in [0.4, 0.5) is 0 Å². The van der Waals surface area contributed by atoms with E-state index in [-0.39, 0.29) is 25.7 Å². The first-order valence-electron chi connectivity index (χ1n) is 41.6. The van der Waals surface area contributed by atoms with Crippen LogP contribution in [0.1, 0.15) is 272 Å². The fourth-order valence-corrected chi connectivity index (χ4v) is 11.5. The summed E-state index contributed by atoms with van der Waals surface area (Å²) in [7, 11) is -10.0. The van der Waals surface area contributed by atoms with Crippen LogP contribution in [0.3, 0.4) is 0 Å². The van der Waals surface area contributed by atoms with Crippen molar-refractivity contribution in [1.29, 1.82) is 0 Å². The Balaban J connectivity index is 5.56. The molecule has 0 aliphatic carbocycles. The van der Waals surface area contributed by atoms with Crippen molar-refractivity contribution in [1.82, 2.24) is 0 Å². The zero-order chi connectivity index (χ0) is 81.7. The van der Waals surface area contributed by atoms with E-state index >= 15 is 0 Å². The van der Waals surface area contributed by atoms with Gasteiger partial charge in [0.25, 0.3) is 0 Å². The van der Waals surface area contributed by atoms with Gasteiger partial charge in [-0.05, 0) is 186 Å². The van der Waals surface area contributed by atoms with Crippen LogP contribution in [0, 0.1) is 0 Å². The fraction of sp³-hybridized carbons (Fsp3) is 0.548. The van der Waals surface area contributed by atoms with Gasteiger partial charge in [-0.1, -0.05) is 291 Å². The lowest BCUT2D eigenvalue weighted by molar-refractivity contribution is -0.161. The number of phosphoric ester groups is 2. The van der Waals surface area contributed by atoms with E-state index in [0.717, 1.165) is 186 Å². The Labute approximate surface area is 676 Å². The Bertz CT molecular complexity index is 3040. The molecule has 628 valence electrons. The minimum absolute atomic E-state index is 0.0172. The van der Waals surface area contributed by atoms with Gasteiger partial charge in [-0.15, -0.1) is 0 Å². The summed E-state index contributed by atoms with van der Waals surface area (Å²) in [6.07, 6.45) is 106. The first-order chi connectivity index (χ1) is 54.7. The average molecular weight is 1600 g/mol. The number of aliphatic hydroxyl groups excluding tert-OH is 1. The van der Waals surface area contributed by atoms with Crippen molar-refractivity contribution < 1.29 is 80.2 Å². The zero-order valence-corrected chi connectivity index (χ0v) is 70.5. The molecule has 0 saturated heterocycles. The van der Waals surface area contributed by atoms with Gasteiger partial charge >= 0.3 is 39.5 Å². The summed E-state index contributed by atoms with van der Waals surface area (Å²) in [6, 6.07) is 0. The smallest absolute Gasteiger partial charge is 0.462 e. The highest BCUT2D eigenvalue weighted by Gasteiger charge is 2.30. The van der Waals surface area contributed by atoms with Crippen molar-refractivity contribution in [3.8, 4) is 0 Å². The van der Waals surface area contributed by atoms with Crippen LogP contribution in [0.15, 0.2) is 231 Å². The number of hydrogen-bond acceptors (Lipinski definition) is 15. The quantitative estimate of drug-likeness (QED) is 0.0169. The molecule has 0 radical (unpaired) electrons. The second-order valence-electron chi connectivity index (χ2n) is 26.5. The third-order valence-electron chi connectivity index (χ3n) is 16.1. The molecule has 112 heavy (non-hydrogen) atoms. The van der Waals surface area contributed by atoms with Crippen molar-refractivity contribution in [2.45, 2.75) is 290 Å². The normalized spacial score (nSPS) is 15.0. The summed E-state index contributed by atoms with van der Waals surface area (Å²) < 4.78 is 68.6. The van der Waals surface area contributed by atoms with Crippen LogP contribution < -0.4 is 0 Å². The zero-order valence-electron chi connectivity index (χ0n) is 68.7. The van der Waals surface area contributed by atoms with E-state index in [2.05, 4.69) is 240 Å². The van der Waals surface area contributed by atoms with E-state index in [4.69, 9.17) is 37.0 Å². The van der Waals surface area contributed by atoms with Gasteiger partial charge in [0, 0.05) is 25.7 Å². The Morgan fingerprint density at radius 2 is 0.455 bits per heavy atom. The van der Waals surface area contributed by atoms with E-state index in [1.54, 1.807) is 0 Å². The first kappa shape index (κ1) is 105. The molecule has 0 heterocycles. The fourth-order valence-electron chi connectivity index (χ4n) is 9.96. The summed E-state index contributed by atoms with van der Waals surface area (Å²) in [5.74, 6) is -2.40. The van der Waals surface area contributed by atoms with E-state index in [0.29, 0.717) is 32.1 Å². The number of hydrogen-bond donors (Lipinski definition) is 3. The second kappa shape index (κ2) is 82.1. The van der Waals surface area contributed by atoms with Crippen LogP contribution in [-0.2, 0) is 65.4 Å². The van der Waals surface area contributed by atoms with Gasteiger partial charge in [0.2, 0.25) is 0 Å². The SMILES string of the molecule is CC/C=C\C/C=C\C/C=C\C/C=C\C/C=C\C/C=C\CCC(=O)OCC(COP(=O)(O)OCC(O)COP(=O)(O)OCC(COC(=O)CCCCC/C=C\C/C=C\C/C=C\C/C=C\C/C=C\CC)OC(=O)CCCCCCC/C=C\C/C=C\C/C=C\CC)OC(=O)CCCCC/C=C\C/C=C\C/C=C\C/C=C\C/C=C\CC. The lowest BCUT2D eigenvalue weighted by atomic mass is 10.1. The minimum Gasteiger partial charge on any atom is -0.462 e. The van der Waals surface area contributed by atoms with E-state index in [1.807, 2.05) is 18.2 Å². The summed E-state index contributed by atoms with van der Waals surface area (Å²) in [5, 5.41) is 10.7. The molecule has 19 heteroatoms. The van der Waals surface area contributed by atoms with E-state index in [9.17, 15) is 43.2 Å². The standard InChI is InChI=1S/C93H144O17P2/c1-5-9-13-17-21-25-29-33-37-40-43-46-50-53-57-61-65-69-73-77-90(95)103-83-88(109-92(97)79-75-71-67-63-59-55-49-36-32-28-24-20-16-12-8-4)85-107-111(99,100)105-81-87(94)82-106-112(101,102)108-86-89(110-93(98)80-76-72-68-64-60-56-52-48-45-42-39-35-31-27-23-19-15-11-7-3)84-104-91(96)78-74-70-66-62-58-54-51-47-44-41-38-34-30-26-22-18-14-10-6-2/h9-16,21-28,33-39,43-49,53-54,56-58,60,66,70,87-89,94H,5-8,17-20,29-32,40-42,50-52,55,59,61-65,67-69,71-86H2,1-4H3,(H,99,100)(H,101,102)/b13-9-,14-10-,15-11-,16-12-,25-21-,26-22-,27-23-,28-24-,37-33-,38-34-,39-35-,46-43-,47-44-,48-45-,49-36-,57-53-,58-54-,60-56-,70-66-. The van der Waals surface area contributed by atoms with Crippen molar-refractivity contribution in [3.63, 3.8) is 0 Å². The number of esters is 4. The van der Waals surface area contributed by atoms with Crippen LogP contribution in [0.25, 0.3) is 0 Å². The second-order valence-corrected chi connectivity index (χ2v) is 29.4. The third-order valence-corrected chi connectivity index (χ3v) is 18.0. The van der Waals surface area contributed by atoms with E-state index in [1.165, 1.54) is 0 Å². The molecule has 5 unspecified atom stereocenters. The number of unbranched alkanes of at least 4 members (excludes halogenated alkanes) is 11. The molecule has 0 aliphatic heterocycles. The molecule has 17 nitrogen and oxygen atoms in total. The van der Waals surface area contributed by atoms with Crippen LogP contribution in [-0.4, -0.2) is 96.7 Å². The molecule has 0 saturated carbocycles. The minimum atomic E-state index is -5.03.